The minimum atomic E-state index is -1.11. The lowest BCUT2D eigenvalue weighted by molar-refractivity contribution is -0.304. The minimum absolute atomic E-state index is 0.101. The average Bonchev–Trinajstić information content (AvgIpc) is 1.61. The Morgan fingerprint density at radius 2 is 2.43 bits per heavy atom. The van der Waals surface area contributed by atoms with Crippen molar-refractivity contribution in [3.05, 3.63) is 12.3 Å². The molecule has 40 valence electrons. The number of carbonyl (C=O) groups is 1. The number of carbonyl (C=O) groups excluding carboxylic acids is 1. The van der Waals surface area contributed by atoms with Crippen LogP contribution in [0.1, 0.15) is 6.42 Å². The summed E-state index contributed by atoms with van der Waals surface area (Å²) < 4.78 is 0. The Balaban J connectivity index is 3.14. The maximum absolute atomic E-state index is 9.54. The molecule has 2 N–H and O–H groups in total. The van der Waals surface area contributed by atoms with Crippen molar-refractivity contribution in [1.29, 1.82) is 0 Å². The fourth-order valence-electron chi connectivity index (χ4n) is 0.164. The molecule has 0 radical (unpaired) electrons. The van der Waals surface area contributed by atoms with Gasteiger partial charge in [-0.1, -0.05) is 6.08 Å². The monoisotopic (exact) mass is 100 g/mol. The summed E-state index contributed by atoms with van der Waals surface area (Å²) in [5.74, 6) is -1.11. The molecule has 0 heterocycles. The zero-order chi connectivity index (χ0) is 5.70. The van der Waals surface area contributed by atoms with Gasteiger partial charge in [-0.2, -0.15) is 0 Å². The quantitative estimate of drug-likeness (QED) is 0.464. The average molecular weight is 100 g/mol. The predicted octanol–water partition coefficient (Wildman–Crippen LogP) is -1.40. The van der Waals surface area contributed by atoms with Crippen LogP contribution in [0.5, 0.6) is 0 Å². The Morgan fingerprint density at radius 1 is 1.86 bits per heavy atom. The van der Waals surface area contributed by atoms with E-state index in [0.29, 0.717) is 0 Å². The molecule has 0 aliphatic carbocycles. The van der Waals surface area contributed by atoms with Crippen LogP contribution in [-0.2, 0) is 4.79 Å². The third kappa shape index (κ3) is 5.01. The van der Waals surface area contributed by atoms with Crippen molar-refractivity contribution in [3.63, 3.8) is 0 Å². The first-order chi connectivity index (χ1) is 3.27. The highest BCUT2D eigenvalue weighted by Gasteiger charge is 1.72. The molecular weight excluding hydrogens is 94.0 g/mol. The van der Waals surface area contributed by atoms with Crippen LogP contribution < -0.4 is 10.8 Å². The number of hydrogen-bond acceptors (Lipinski definition) is 3. The van der Waals surface area contributed by atoms with Gasteiger partial charge in [-0.15, -0.1) is 0 Å². The zero-order valence-corrected chi connectivity index (χ0v) is 3.76. The van der Waals surface area contributed by atoms with Gasteiger partial charge in [0.25, 0.3) is 0 Å². The summed E-state index contributed by atoms with van der Waals surface area (Å²) in [5, 5.41) is 9.54. The van der Waals surface area contributed by atoms with Gasteiger partial charge in [0.2, 0.25) is 0 Å². The van der Waals surface area contributed by atoms with Crippen LogP contribution >= 0.6 is 0 Å². The summed E-state index contributed by atoms with van der Waals surface area (Å²) in [6.45, 7) is 0. The first-order valence-corrected chi connectivity index (χ1v) is 1.84. The highest BCUT2D eigenvalue weighted by molar-refractivity contribution is 5.66. The Kier molecular flexibility index (Phi) is 2.76. The molecule has 0 aromatic carbocycles. The molecule has 7 heavy (non-hydrogen) atoms. The number of carboxylic acids is 1. The Labute approximate surface area is 41.4 Å². The standard InChI is InChI=1S/C4H7NO2/c5-3-1-2-4(6)7/h1,3H,2,5H2,(H,6,7)/p-1/b3-1-. The molecule has 0 rings (SSSR count). The summed E-state index contributed by atoms with van der Waals surface area (Å²) in [5.41, 5.74) is 4.81. The van der Waals surface area contributed by atoms with E-state index in [4.69, 9.17) is 5.73 Å². The Morgan fingerprint density at radius 3 is 2.57 bits per heavy atom. The summed E-state index contributed by atoms with van der Waals surface area (Å²) in [4.78, 5) is 9.54. The van der Waals surface area contributed by atoms with Gasteiger partial charge in [0.15, 0.2) is 0 Å². The molecule has 3 heteroatoms. The van der Waals surface area contributed by atoms with Gasteiger partial charge in [-0.3, -0.25) is 0 Å². The largest absolute Gasteiger partial charge is 0.550 e. The van der Waals surface area contributed by atoms with Crippen molar-refractivity contribution in [1.82, 2.24) is 0 Å². The van der Waals surface area contributed by atoms with Crippen molar-refractivity contribution in [2.24, 2.45) is 5.73 Å². The second-order valence-electron chi connectivity index (χ2n) is 1.00. The second kappa shape index (κ2) is 3.21. The van der Waals surface area contributed by atoms with Crippen LogP contribution in [0, 0.1) is 0 Å². The molecule has 0 aromatic rings. The van der Waals surface area contributed by atoms with Gasteiger partial charge >= 0.3 is 0 Å². The lowest BCUT2D eigenvalue weighted by atomic mass is 10.4. The van der Waals surface area contributed by atoms with Crippen molar-refractivity contribution < 1.29 is 9.90 Å². The molecule has 0 aliphatic heterocycles. The van der Waals surface area contributed by atoms with Crippen LogP contribution in [0.4, 0.5) is 0 Å². The number of nitrogens with two attached hydrogens (primary N) is 1. The maximum Gasteiger partial charge on any atom is 0.0452 e. The third-order valence-electron chi connectivity index (χ3n) is 0.421. The van der Waals surface area contributed by atoms with Crippen molar-refractivity contribution in [2.75, 3.05) is 0 Å². The van der Waals surface area contributed by atoms with Gasteiger partial charge in [0.1, 0.15) is 0 Å². The van der Waals surface area contributed by atoms with Crippen LogP contribution in [-0.4, -0.2) is 5.97 Å². The number of carboxylic acid groups (broad SMARTS) is 1. The molecule has 0 atom stereocenters. The van der Waals surface area contributed by atoms with E-state index < -0.39 is 5.97 Å². The summed E-state index contributed by atoms with van der Waals surface area (Å²) in [7, 11) is 0. The fourth-order valence-corrected chi connectivity index (χ4v) is 0.164. The second-order valence-corrected chi connectivity index (χ2v) is 1.00. The number of aliphatic carboxylic acids is 1. The van der Waals surface area contributed by atoms with Crippen LogP contribution in [0.25, 0.3) is 0 Å². The van der Waals surface area contributed by atoms with Crippen LogP contribution in [0.2, 0.25) is 0 Å². The normalized spacial score (nSPS) is 9.71. The molecule has 3 nitrogen and oxygen atoms in total. The molecule has 0 spiro atoms. The first-order valence-electron chi connectivity index (χ1n) is 1.84. The summed E-state index contributed by atoms with van der Waals surface area (Å²) in [6.07, 6.45) is 2.39. The van der Waals surface area contributed by atoms with Gasteiger partial charge in [-0.25, -0.2) is 0 Å². The van der Waals surface area contributed by atoms with Crippen LogP contribution in [0.15, 0.2) is 12.3 Å². The van der Waals surface area contributed by atoms with Crippen molar-refractivity contribution in [3.8, 4) is 0 Å². The van der Waals surface area contributed by atoms with E-state index in [9.17, 15) is 9.90 Å². The maximum atomic E-state index is 9.54. The highest BCUT2D eigenvalue weighted by Crippen LogP contribution is 1.73. The van der Waals surface area contributed by atoms with Crippen molar-refractivity contribution in [2.45, 2.75) is 6.42 Å². The molecule has 0 fully saturated rings. The summed E-state index contributed by atoms with van der Waals surface area (Å²) in [6, 6.07) is 0. The zero-order valence-electron chi connectivity index (χ0n) is 3.76. The van der Waals surface area contributed by atoms with E-state index in [1.54, 1.807) is 0 Å². The fraction of sp³-hybridized carbons (Fsp3) is 0.250. The van der Waals surface area contributed by atoms with Gasteiger partial charge < -0.3 is 15.6 Å². The predicted molar refractivity (Wildman–Crippen MR) is 23.0 cm³/mol. The molecular formula is C4H6NO2-. The minimum Gasteiger partial charge on any atom is -0.550 e. The van der Waals surface area contributed by atoms with Gasteiger partial charge in [0, 0.05) is 12.4 Å². The summed E-state index contributed by atoms with van der Waals surface area (Å²) >= 11 is 0. The van der Waals surface area contributed by atoms with E-state index in [-0.39, 0.29) is 6.42 Å². The molecule has 0 saturated heterocycles. The van der Waals surface area contributed by atoms with Crippen molar-refractivity contribution >= 4 is 5.97 Å². The smallest absolute Gasteiger partial charge is 0.0452 e. The topological polar surface area (TPSA) is 66.2 Å². The molecule has 0 bridgehead atoms. The lowest BCUT2D eigenvalue weighted by Crippen LogP contribution is -2.20. The SMILES string of the molecule is N/C=C\CC(=O)[O-]. The highest BCUT2D eigenvalue weighted by atomic mass is 16.4. The molecule has 0 unspecified atom stereocenters. The van der Waals surface area contributed by atoms with Gasteiger partial charge in [0.05, 0.1) is 0 Å². The first kappa shape index (κ1) is 6.01. The molecule has 0 aromatic heterocycles. The number of hydrogen-bond donors (Lipinski definition) is 1. The molecule has 0 saturated carbocycles. The van der Waals surface area contributed by atoms with Gasteiger partial charge in [-0.05, 0) is 6.20 Å². The third-order valence-corrected chi connectivity index (χ3v) is 0.421. The van der Waals surface area contributed by atoms with E-state index in [1.807, 2.05) is 0 Å². The number of rotatable bonds is 2. The van der Waals surface area contributed by atoms with E-state index in [1.165, 1.54) is 12.3 Å². The lowest BCUT2D eigenvalue weighted by Gasteiger charge is -1.90. The van der Waals surface area contributed by atoms with E-state index >= 15 is 0 Å². The molecule has 0 amide bonds. The molecule has 0 aliphatic rings. The van der Waals surface area contributed by atoms with Crippen LogP contribution in [0.3, 0.4) is 0 Å². The Bertz CT molecular complexity index is 87.7. The Hall–Kier alpha value is -0.990. The van der Waals surface area contributed by atoms with E-state index in [0.717, 1.165) is 0 Å². The van der Waals surface area contributed by atoms with E-state index in [2.05, 4.69) is 0 Å².